The lowest BCUT2D eigenvalue weighted by Crippen LogP contribution is -2.50. The molecule has 1 atom stereocenters. The molecule has 0 spiro atoms. The van der Waals surface area contributed by atoms with Gasteiger partial charge in [-0.3, -0.25) is 4.79 Å². The van der Waals surface area contributed by atoms with Crippen LogP contribution in [0.25, 0.3) is 0 Å². The molecule has 1 unspecified atom stereocenters. The van der Waals surface area contributed by atoms with Crippen LogP contribution in [-0.4, -0.2) is 63.6 Å². The SMILES string of the molecule is CC1(C)CN(C(=O)N2CCC(CCC(=O)O)C2)CCS1. The number of hydrogen-bond donors (Lipinski definition) is 1. The van der Waals surface area contributed by atoms with E-state index in [1.54, 1.807) is 0 Å². The van der Waals surface area contributed by atoms with Gasteiger partial charge in [0.2, 0.25) is 0 Å². The summed E-state index contributed by atoms with van der Waals surface area (Å²) in [4.78, 5) is 27.0. The number of thioether (sulfide) groups is 1. The fraction of sp³-hybridized carbons (Fsp3) is 0.857. The van der Waals surface area contributed by atoms with Crippen LogP contribution in [0.5, 0.6) is 0 Å². The summed E-state index contributed by atoms with van der Waals surface area (Å²) in [6.07, 6.45) is 1.82. The summed E-state index contributed by atoms with van der Waals surface area (Å²) < 4.78 is 0.135. The van der Waals surface area contributed by atoms with Gasteiger partial charge in [-0.2, -0.15) is 11.8 Å². The van der Waals surface area contributed by atoms with Crippen LogP contribution in [0.3, 0.4) is 0 Å². The molecule has 0 bridgehead atoms. The number of rotatable bonds is 3. The average molecular weight is 300 g/mol. The van der Waals surface area contributed by atoms with Crippen molar-refractivity contribution in [2.75, 3.05) is 31.9 Å². The molecule has 0 aromatic rings. The average Bonchev–Trinajstić information content (AvgIpc) is 2.83. The maximum Gasteiger partial charge on any atom is 0.320 e. The van der Waals surface area contributed by atoms with Crippen LogP contribution in [0.1, 0.15) is 33.1 Å². The molecule has 20 heavy (non-hydrogen) atoms. The van der Waals surface area contributed by atoms with Crippen LogP contribution in [0.15, 0.2) is 0 Å². The smallest absolute Gasteiger partial charge is 0.320 e. The molecular formula is C14H24N2O3S. The van der Waals surface area contributed by atoms with Crippen molar-refractivity contribution in [3.8, 4) is 0 Å². The molecule has 2 amide bonds. The zero-order valence-corrected chi connectivity index (χ0v) is 13.1. The Morgan fingerprint density at radius 1 is 1.30 bits per heavy atom. The molecular weight excluding hydrogens is 276 g/mol. The third-order valence-electron chi connectivity index (χ3n) is 4.02. The van der Waals surface area contributed by atoms with E-state index in [0.717, 1.165) is 38.4 Å². The minimum Gasteiger partial charge on any atom is -0.481 e. The van der Waals surface area contributed by atoms with Gasteiger partial charge in [-0.1, -0.05) is 0 Å². The number of hydrogen-bond acceptors (Lipinski definition) is 3. The molecule has 114 valence electrons. The second kappa shape index (κ2) is 6.24. The Kier molecular flexibility index (Phi) is 4.83. The molecule has 6 heteroatoms. The van der Waals surface area contributed by atoms with Gasteiger partial charge >= 0.3 is 12.0 Å². The van der Waals surface area contributed by atoms with Gasteiger partial charge in [-0.15, -0.1) is 0 Å². The van der Waals surface area contributed by atoms with Crippen molar-refractivity contribution < 1.29 is 14.7 Å². The molecule has 2 fully saturated rings. The lowest BCUT2D eigenvalue weighted by Gasteiger charge is -2.39. The summed E-state index contributed by atoms with van der Waals surface area (Å²) in [6, 6.07) is 0.135. The van der Waals surface area contributed by atoms with Crippen molar-refractivity contribution >= 4 is 23.8 Å². The predicted molar refractivity (Wildman–Crippen MR) is 80.1 cm³/mol. The standard InChI is InChI=1S/C14H24N2O3S/c1-14(2)10-16(7-8-20-14)13(19)15-6-5-11(9-15)3-4-12(17)18/h11H,3-10H2,1-2H3,(H,17,18). The molecule has 2 saturated heterocycles. The van der Waals surface area contributed by atoms with E-state index in [1.807, 2.05) is 21.6 Å². The Morgan fingerprint density at radius 2 is 2.05 bits per heavy atom. The summed E-state index contributed by atoms with van der Waals surface area (Å²) in [6.45, 7) is 7.47. The van der Waals surface area contributed by atoms with Gasteiger partial charge in [-0.05, 0) is 32.6 Å². The Balaban J connectivity index is 1.83. The van der Waals surface area contributed by atoms with Gasteiger partial charge in [-0.25, -0.2) is 4.79 Å². The molecule has 0 aromatic heterocycles. The van der Waals surface area contributed by atoms with E-state index in [-0.39, 0.29) is 17.2 Å². The number of nitrogens with zero attached hydrogens (tertiary/aromatic N) is 2. The largest absolute Gasteiger partial charge is 0.481 e. The van der Waals surface area contributed by atoms with Gasteiger partial charge in [0.25, 0.3) is 0 Å². The van der Waals surface area contributed by atoms with E-state index < -0.39 is 5.97 Å². The van der Waals surface area contributed by atoms with Crippen LogP contribution in [-0.2, 0) is 4.79 Å². The minimum absolute atomic E-state index is 0.135. The summed E-state index contributed by atoms with van der Waals surface area (Å²) in [5.74, 6) is 0.599. The van der Waals surface area contributed by atoms with Gasteiger partial charge in [0, 0.05) is 43.1 Å². The topological polar surface area (TPSA) is 60.9 Å². The van der Waals surface area contributed by atoms with Crippen LogP contribution < -0.4 is 0 Å². The minimum atomic E-state index is -0.746. The summed E-state index contributed by atoms with van der Waals surface area (Å²) in [7, 11) is 0. The van der Waals surface area contributed by atoms with Crippen LogP contribution in [0.4, 0.5) is 4.79 Å². The van der Waals surface area contributed by atoms with E-state index in [1.165, 1.54) is 0 Å². The zero-order chi connectivity index (χ0) is 14.8. The first-order valence-corrected chi connectivity index (χ1v) is 8.25. The maximum atomic E-state index is 12.5. The number of carboxylic acids is 1. The van der Waals surface area contributed by atoms with E-state index in [9.17, 15) is 9.59 Å². The van der Waals surface area contributed by atoms with Gasteiger partial charge in [0.15, 0.2) is 0 Å². The molecule has 0 aliphatic carbocycles. The number of carbonyl (C=O) groups excluding carboxylic acids is 1. The predicted octanol–water partition coefficient (Wildman–Crippen LogP) is 2.12. The highest BCUT2D eigenvalue weighted by atomic mass is 32.2. The van der Waals surface area contributed by atoms with E-state index >= 15 is 0 Å². The van der Waals surface area contributed by atoms with Crippen LogP contribution in [0.2, 0.25) is 0 Å². The second-order valence-corrected chi connectivity index (χ2v) is 8.15. The number of urea groups is 1. The van der Waals surface area contributed by atoms with E-state index in [2.05, 4.69) is 13.8 Å². The van der Waals surface area contributed by atoms with Crippen molar-refractivity contribution in [2.24, 2.45) is 5.92 Å². The van der Waals surface area contributed by atoms with Crippen molar-refractivity contribution in [1.82, 2.24) is 9.80 Å². The third kappa shape index (κ3) is 4.04. The highest BCUT2D eigenvalue weighted by molar-refractivity contribution is 8.00. The Bertz CT molecular complexity index is 387. The fourth-order valence-corrected chi connectivity index (χ4v) is 4.06. The lowest BCUT2D eigenvalue weighted by molar-refractivity contribution is -0.137. The Morgan fingerprint density at radius 3 is 2.70 bits per heavy atom. The Labute approximate surface area is 124 Å². The quantitative estimate of drug-likeness (QED) is 0.867. The molecule has 1 N–H and O–H groups in total. The summed E-state index contributed by atoms with van der Waals surface area (Å²) in [5, 5.41) is 8.72. The van der Waals surface area contributed by atoms with E-state index in [0.29, 0.717) is 12.3 Å². The lowest BCUT2D eigenvalue weighted by atomic mass is 10.0. The number of aliphatic carboxylic acids is 1. The summed E-state index contributed by atoms with van der Waals surface area (Å²) in [5.41, 5.74) is 0. The molecule has 2 aliphatic rings. The summed E-state index contributed by atoms with van der Waals surface area (Å²) >= 11 is 1.92. The molecule has 0 radical (unpaired) electrons. The third-order valence-corrected chi connectivity index (χ3v) is 5.32. The number of carboxylic acid groups (broad SMARTS) is 1. The van der Waals surface area contributed by atoms with Gasteiger partial charge < -0.3 is 14.9 Å². The van der Waals surface area contributed by atoms with Crippen molar-refractivity contribution in [3.05, 3.63) is 0 Å². The molecule has 2 heterocycles. The monoisotopic (exact) mass is 300 g/mol. The van der Waals surface area contributed by atoms with Crippen LogP contribution in [0, 0.1) is 5.92 Å². The van der Waals surface area contributed by atoms with Gasteiger partial charge in [0.05, 0.1) is 0 Å². The number of likely N-dealkylation sites (tertiary alicyclic amines) is 1. The first-order valence-electron chi connectivity index (χ1n) is 7.27. The highest BCUT2D eigenvalue weighted by Gasteiger charge is 2.34. The van der Waals surface area contributed by atoms with Crippen molar-refractivity contribution in [1.29, 1.82) is 0 Å². The molecule has 0 aromatic carbocycles. The molecule has 2 aliphatic heterocycles. The maximum absolute atomic E-state index is 12.5. The van der Waals surface area contributed by atoms with E-state index in [4.69, 9.17) is 5.11 Å². The Hall–Kier alpha value is -0.910. The zero-order valence-electron chi connectivity index (χ0n) is 12.3. The molecule has 5 nitrogen and oxygen atoms in total. The highest BCUT2D eigenvalue weighted by Crippen LogP contribution is 2.31. The first kappa shape index (κ1) is 15.5. The first-order chi connectivity index (χ1) is 9.37. The number of carbonyl (C=O) groups is 2. The fourth-order valence-electron chi connectivity index (χ4n) is 2.95. The van der Waals surface area contributed by atoms with Crippen molar-refractivity contribution in [3.63, 3.8) is 0 Å². The second-order valence-electron chi connectivity index (χ2n) is 6.35. The van der Waals surface area contributed by atoms with Crippen molar-refractivity contribution in [2.45, 2.75) is 37.9 Å². The van der Waals surface area contributed by atoms with Crippen LogP contribution >= 0.6 is 11.8 Å². The molecule has 0 saturated carbocycles. The normalized spacial score (nSPS) is 25.8. The number of amides is 2. The molecule has 2 rings (SSSR count). The van der Waals surface area contributed by atoms with Gasteiger partial charge in [0.1, 0.15) is 0 Å².